The SMILES string of the molecule is O=[As]c1c(F)ccc(Br)c1Br. The zero-order chi connectivity index (χ0) is 8.43. The third-order valence-corrected chi connectivity index (χ3v) is 5.09. The van der Waals surface area contributed by atoms with Crippen molar-refractivity contribution in [3.8, 4) is 0 Å². The van der Waals surface area contributed by atoms with Crippen molar-refractivity contribution in [1.29, 1.82) is 0 Å². The van der Waals surface area contributed by atoms with Gasteiger partial charge in [-0.2, -0.15) is 0 Å². The normalized spacial score (nSPS) is 10.5. The van der Waals surface area contributed by atoms with E-state index in [1.807, 2.05) is 0 Å². The Balaban J connectivity index is 3.40. The number of hydrogen-bond donors (Lipinski definition) is 0. The third kappa shape index (κ3) is 1.98. The molecule has 0 atom stereocenters. The van der Waals surface area contributed by atoms with Crippen molar-refractivity contribution in [2.45, 2.75) is 0 Å². The first-order chi connectivity index (χ1) is 5.16. The van der Waals surface area contributed by atoms with E-state index in [1.165, 1.54) is 6.07 Å². The van der Waals surface area contributed by atoms with E-state index < -0.39 is 21.5 Å². The molecule has 1 aromatic rings. The molecule has 11 heavy (non-hydrogen) atoms. The number of halogens is 3. The summed E-state index contributed by atoms with van der Waals surface area (Å²) in [7, 11) is 0. The minimum absolute atomic E-state index is 0.260. The Labute approximate surface area is 86.5 Å². The minimum atomic E-state index is -1.32. The molecule has 5 heteroatoms. The maximum absolute atomic E-state index is 12.8. The van der Waals surface area contributed by atoms with Gasteiger partial charge in [-0.15, -0.1) is 0 Å². The molecule has 0 aromatic heterocycles. The van der Waals surface area contributed by atoms with Gasteiger partial charge in [0.15, 0.2) is 0 Å². The van der Waals surface area contributed by atoms with Crippen LogP contribution in [0.3, 0.4) is 0 Å². The molecule has 1 rings (SSSR count). The van der Waals surface area contributed by atoms with Crippen molar-refractivity contribution in [1.82, 2.24) is 0 Å². The molecule has 0 radical (unpaired) electrons. The van der Waals surface area contributed by atoms with Gasteiger partial charge in [0.1, 0.15) is 0 Å². The summed E-state index contributed by atoms with van der Waals surface area (Å²) < 4.78 is 24.9. The van der Waals surface area contributed by atoms with Crippen molar-refractivity contribution >= 4 is 51.9 Å². The molecule has 0 saturated heterocycles. The van der Waals surface area contributed by atoms with Crippen LogP contribution in [0.15, 0.2) is 21.1 Å². The van der Waals surface area contributed by atoms with Crippen LogP contribution < -0.4 is 4.35 Å². The zero-order valence-electron chi connectivity index (χ0n) is 5.14. The van der Waals surface area contributed by atoms with Crippen molar-refractivity contribution in [2.24, 2.45) is 0 Å². The van der Waals surface area contributed by atoms with Crippen LogP contribution in [0.2, 0.25) is 0 Å². The van der Waals surface area contributed by atoms with Gasteiger partial charge in [-0.25, -0.2) is 0 Å². The van der Waals surface area contributed by atoms with Gasteiger partial charge in [0.2, 0.25) is 0 Å². The molecule has 0 saturated carbocycles. The van der Waals surface area contributed by atoms with E-state index in [1.54, 1.807) is 6.07 Å². The van der Waals surface area contributed by atoms with Crippen LogP contribution in [-0.4, -0.2) is 15.7 Å². The van der Waals surface area contributed by atoms with Gasteiger partial charge in [0, 0.05) is 0 Å². The number of benzene rings is 1. The van der Waals surface area contributed by atoms with Gasteiger partial charge >= 0.3 is 86.9 Å². The van der Waals surface area contributed by atoms with Crippen molar-refractivity contribution in [3.05, 3.63) is 26.9 Å². The van der Waals surface area contributed by atoms with Crippen LogP contribution in [0, 0.1) is 5.82 Å². The first-order valence-corrected chi connectivity index (χ1v) is 5.92. The molecule has 58 valence electrons. The van der Waals surface area contributed by atoms with Gasteiger partial charge in [0.05, 0.1) is 0 Å². The average Bonchev–Trinajstić information content (AvgIpc) is 1.99. The molecular formula is C6H2AsBr2FO. The van der Waals surface area contributed by atoms with Crippen molar-refractivity contribution in [3.63, 3.8) is 0 Å². The van der Waals surface area contributed by atoms with E-state index in [4.69, 9.17) is 0 Å². The van der Waals surface area contributed by atoms with Crippen LogP contribution >= 0.6 is 31.9 Å². The number of rotatable bonds is 1. The fourth-order valence-electron chi connectivity index (χ4n) is 0.600. The van der Waals surface area contributed by atoms with Crippen LogP contribution in [0.1, 0.15) is 0 Å². The Morgan fingerprint density at radius 2 is 2.00 bits per heavy atom. The molecule has 1 aromatic carbocycles. The van der Waals surface area contributed by atoms with Crippen molar-refractivity contribution in [2.75, 3.05) is 0 Å². The Kier molecular flexibility index (Phi) is 3.41. The second kappa shape index (κ2) is 3.92. The van der Waals surface area contributed by atoms with E-state index in [2.05, 4.69) is 31.9 Å². The standard InChI is InChI=1S/C6H2AsBr2FO/c8-3-1-2-4(10)5(7-11)6(3)9/h1-2H. The Bertz CT molecular complexity index is 303. The predicted octanol–water partition coefficient (Wildman–Crippen LogP) is 2.03. The van der Waals surface area contributed by atoms with Crippen LogP contribution in [0.5, 0.6) is 0 Å². The molecule has 0 spiro atoms. The summed E-state index contributed by atoms with van der Waals surface area (Å²) in [5, 5.41) is 0. The maximum atomic E-state index is 12.8. The first kappa shape index (κ1) is 9.56. The van der Waals surface area contributed by atoms with E-state index in [0.717, 1.165) is 4.47 Å². The zero-order valence-corrected chi connectivity index (χ0v) is 10.2. The Hall–Kier alpha value is 0.468. The third-order valence-electron chi connectivity index (χ3n) is 1.11. The second-order valence-corrected chi connectivity index (χ2v) is 4.75. The fourth-order valence-corrected chi connectivity index (χ4v) is 2.72. The summed E-state index contributed by atoms with van der Waals surface area (Å²) in [6.07, 6.45) is 0. The van der Waals surface area contributed by atoms with E-state index in [9.17, 15) is 8.13 Å². The van der Waals surface area contributed by atoms with Crippen molar-refractivity contribution < 1.29 is 8.13 Å². The van der Waals surface area contributed by atoms with E-state index in [-0.39, 0.29) is 4.35 Å². The van der Waals surface area contributed by atoms with E-state index in [0.29, 0.717) is 4.47 Å². The molecule has 0 heterocycles. The van der Waals surface area contributed by atoms with Crippen LogP contribution in [0.4, 0.5) is 4.39 Å². The molecule has 0 aliphatic rings. The Morgan fingerprint density at radius 1 is 1.36 bits per heavy atom. The van der Waals surface area contributed by atoms with E-state index >= 15 is 0 Å². The monoisotopic (exact) mass is 342 g/mol. The molecule has 0 unspecified atom stereocenters. The average molecular weight is 344 g/mol. The molecule has 0 aliphatic heterocycles. The van der Waals surface area contributed by atoms with Crippen LogP contribution in [-0.2, 0) is 3.74 Å². The van der Waals surface area contributed by atoms with Gasteiger partial charge in [-0.3, -0.25) is 0 Å². The molecule has 1 nitrogen and oxygen atoms in total. The first-order valence-electron chi connectivity index (χ1n) is 2.63. The molecule has 0 aliphatic carbocycles. The van der Waals surface area contributed by atoms with Gasteiger partial charge < -0.3 is 0 Å². The molecular weight excluding hydrogens is 342 g/mol. The summed E-state index contributed by atoms with van der Waals surface area (Å²) in [4.78, 5) is 0. The Morgan fingerprint density at radius 3 is 2.45 bits per heavy atom. The molecule has 0 bridgehead atoms. The van der Waals surface area contributed by atoms with Gasteiger partial charge in [-0.1, -0.05) is 0 Å². The molecule has 0 N–H and O–H groups in total. The second-order valence-electron chi connectivity index (χ2n) is 1.78. The predicted molar refractivity (Wildman–Crippen MR) is 47.9 cm³/mol. The number of hydrogen-bond acceptors (Lipinski definition) is 1. The van der Waals surface area contributed by atoms with Crippen LogP contribution in [0.25, 0.3) is 0 Å². The molecule has 0 fully saturated rings. The summed E-state index contributed by atoms with van der Waals surface area (Å²) in [5.74, 6) is -0.421. The van der Waals surface area contributed by atoms with Gasteiger partial charge in [-0.05, 0) is 0 Å². The topological polar surface area (TPSA) is 17.1 Å². The van der Waals surface area contributed by atoms with Gasteiger partial charge in [0.25, 0.3) is 0 Å². The summed E-state index contributed by atoms with van der Waals surface area (Å²) in [5.41, 5.74) is 0. The summed E-state index contributed by atoms with van der Waals surface area (Å²) >= 11 is 4.99. The fraction of sp³-hybridized carbons (Fsp3) is 0. The molecule has 0 amide bonds. The summed E-state index contributed by atoms with van der Waals surface area (Å²) in [6, 6.07) is 2.86. The quantitative estimate of drug-likeness (QED) is 0.563. The summed E-state index contributed by atoms with van der Waals surface area (Å²) in [6.45, 7) is 0.